The highest BCUT2D eigenvalue weighted by atomic mass is 16.3. The van der Waals surface area contributed by atoms with Gasteiger partial charge >= 0.3 is 0 Å². The van der Waals surface area contributed by atoms with Gasteiger partial charge in [-0.1, -0.05) is 31.0 Å². The number of amides is 3. The van der Waals surface area contributed by atoms with Crippen LogP contribution in [-0.4, -0.2) is 84.5 Å². The zero-order valence-electron chi connectivity index (χ0n) is 30.2. The molecule has 0 unspecified atom stereocenters. The molecule has 1 saturated carbocycles. The topological polar surface area (TPSA) is 96.4 Å². The van der Waals surface area contributed by atoms with Crippen LogP contribution in [-0.2, 0) is 22.6 Å². The minimum absolute atomic E-state index is 0.116. The van der Waals surface area contributed by atoms with Gasteiger partial charge in [0.05, 0.1) is 0 Å². The van der Waals surface area contributed by atoms with Gasteiger partial charge in [0.25, 0.3) is 5.91 Å². The summed E-state index contributed by atoms with van der Waals surface area (Å²) in [5.74, 6) is 0.772. The summed E-state index contributed by atoms with van der Waals surface area (Å²) in [6.45, 7) is 7.76. The van der Waals surface area contributed by atoms with Crippen LogP contribution in [0.15, 0.2) is 60.7 Å². The smallest absolute Gasteiger partial charge is 0.255 e. The molecule has 0 radical (unpaired) electrons. The van der Waals surface area contributed by atoms with Gasteiger partial charge < -0.3 is 19.8 Å². The number of phenolic OH excluding ortho intramolecular Hbond substituents is 1. The number of hydrogen-bond acceptors (Lipinski definition) is 7. The van der Waals surface area contributed by atoms with Crippen LogP contribution in [0.3, 0.4) is 0 Å². The molecule has 2 atom stereocenters. The Morgan fingerprint density at radius 3 is 2.21 bits per heavy atom. The van der Waals surface area contributed by atoms with Gasteiger partial charge in [-0.25, -0.2) is 0 Å². The van der Waals surface area contributed by atoms with E-state index in [0.717, 1.165) is 63.5 Å². The monoisotopic (exact) mass is 701 g/mol. The fourth-order valence-corrected chi connectivity index (χ4v) is 10.7. The highest BCUT2D eigenvalue weighted by molar-refractivity contribution is 6.05. The van der Waals surface area contributed by atoms with Crippen LogP contribution in [0.1, 0.15) is 96.3 Å². The van der Waals surface area contributed by atoms with Gasteiger partial charge in [0.15, 0.2) is 0 Å². The SMILES string of the molecule is O=C1CC[C@H](N2Cc3cc(N4CCN(CC5CCN(c6ccc([C@@H]7c8ccc(O)cc8CCC78CCCC8)cc6)CC5)CC4)ccc3C2=O)C(=O)N1. The molecule has 4 aliphatic heterocycles. The number of hydrogen-bond donors (Lipinski definition) is 2. The number of aryl methyl sites for hydroxylation is 1. The van der Waals surface area contributed by atoms with Gasteiger partial charge in [-0.05, 0) is 121 Å². The van der Waals surface area contributed by atoms with E-state index in [4.69, 9.17) is 0 Å². The maximum atomic E-state index is 13.1. The Kier molecular flexibility index (Phi) is 8.72. The predicted molar refractivity (Wildman–Crippen MR) is 202 cm³/mol. The van der Waals surface area contributed by atoms with E-state index in [1.54, 1.807) is 4.90 Å². The molecule has 3 aromatic carbocycles. The van der Waals surface area contributed by atoms with Crippen molar-refractivity contribution in [1.29, 1.82) is 0 Å². The lowest BCUT2D eigenvalue weighted by atomic mass is 9.60. The Morgan fingerprint density at radius 1 is 0.731 bits per heavy atom. The van der Waals surface area contributed by atoms with E-state index in [1.807, 2.05) is 18.2 Å². The van der Waals surface area contributed by atoms with E-state index in [0.29, 0.717) is 41.5 Å². The van der Waals surface area contributed by atoms with E-state index in [9.17, 15) is 19.5 Å². The number of benzene rings is 3. The maximum Gasteiger partial charge on any atom is 0.255 e. The molecule has 1 spiro atoms. The minimum atomic E-state index is -0.580. The van der Waals surface area contributed by atoms with E-state index in [1.165, 1.54) is 67.3 Å². The Bertz CT molecular complexity index is 1850. The van der Waals surface area contributed by atoms with Crippen molar-refractivity contribution in [1.82, 2.24) is 15.1 Å². The van der Waals surface area contributed by atoms with Crippen LogP contribution in [0.4, 0.5) is 11.4 Å². The third kappa shape index (κ3) is 6.14. The first kappa shape index (κ1) is 33.5. The van der Waals surface area contributed by atoms with Gasteiger partial charge in [-0.3, -0.25) is 24.6 Å². The van der Waals surface area contributed by atoms with E-state index >= 15 is 0 Å². The van der Waals surface area contributed by atoms with Gasteiger partial charge in [0.2, 0.25) is 11.8 Å². The maximum absolute atomic E-state index is 13.1. The Balaban J connectivity index is 0.773. The zero-order chi connectivity index (χ0) is 35.4. The van der Waals surface area contributed by atoms with Gasteiger partial charge in [0, 0.05) is 81.6 Å². The Morgan fingerprint density at radius 2 is 1.46 bits per heavy atom. The van der Waals surface area contributed by atoms with Crippen molar-refractivity contribution in [2.75, 3.05) is 55.6 Å². The first-order valence-electron chi connectivity index (χ1n) is 19.8. The largest absolute Gasteiger partial charge is 0.508 e. The van der Waals surface area contributed by atoms with Crippen molar-refractivity contribution in [3.05, 3.63) is 88.5 Å². The summed E-state index contributed by atoms with van der Waals surface area (Å²) in [5.41, 5.74) is 8.68. The van der Waals surface area contributed by atoms with Crippen LogP contribution in [0, 0.1) is 11.3 Å². The number of phenols is 1. The second kappa shape index (κ2) is 13.6. The fourth-order valence-electron chi connectivity index (χ4n) is 10.7. The number of nitrogens with one attached hydrogen (secondary N) is 1. The van der Waals surface area contributed by atoms with Crippen molar-refractivity contribution in [2.45, 2.75) is 82.7 Å². The summed E-state index contributed by atoms with van der Waals surface area (Å²) in [5, 5.41) is 12.6. The number of anilines is 2. The molecule has 9 rings (SSSR count). The standard InChI is InChI=1S/C43H51N5O4/c49-35-8-10-36-31(26-35)13-18-43(16-1-2-17-43)40(36)30-3-5-33(6-4-30)46-19-14-29(15-20-46)27-45-21-23-47(24-22-45)34-7-9-37-32(25-34)28-48(42(37)52)38-11-12-39(50)44-41(38)51/h3-10,25-26,29,38,40,49H,1-2,11-24,27-28H2,(H,44,50,51)/t38-,40+/m0/s1. The lowest BCUT2D eigenvalue weighted by Gasteiger charge is -2.43. The molecule has 6 aliphatic rings. The molecular weight excluding hydrogens is 651 g/mol. The van der Waals surface area contributed by atoms with Crippen LogP contribution >= 0.6 is 0 Å². The molecule has 9 nitrogen and oxygen atoms in total. The quantitative estimate of drug-likeness (QED) is 0.313. The number of nitrogens with zero attached hydrogens (tertiary/aromatic N) is 4. The lowest BCUT2D eigenvalue weighted by molar-refractivity contribution is -0.136. The number of carbonyl (C=O) groups is 3. The highest BCUT2D eigenvalue weighted by Gasteiger charge is 2.46. The molecule has 3 amide bonds. The summed E-state index contributed by atoms with van der Waals surface area (Å²) in [6.07, 6.45) is 10.7. The van der Waals surface area contributed by atoms with E-state index < -0.39 is 6.04 Å². The van der Waals surface area contributed by atoms with Crippen LogP contribution in [0.25, 0.3) is 0 Å². The molecule has 52 heavy (non-hydrogen) atoms. The van der Waals surface area contributed by atoms with Crippen molar-refractivity contribution in [2.24, 2.45) is 11.3 Å². The number of imide groups is 1. The molecule has 4 heterocycles. The molecule has 3 saturated heterocycles. The van der Waals surface area contributed by atoms with Crippen molar-refractivity contribution in [3.63, 3.8) is 0 Å². The number of piperazine rings is 1. The van der Waals surface area contributed by atoms with Crippen molar-refractivity contribution < 1.29 is 19.5 Å². The molecule has 2 N–H and O–H groups in total. The first-order chi connectivity index (χ1) is 25.3. The average molecular weight is 702 g/mol. The summed E-state index contributed by atoms with van der Waals surface area (Å²) >= 11 is 0. The number of rotatable bonds is 6. The molecule has 0 aromatic heterocycles. The molecule has 2 aliphatic carbocycles. The predicted octanol–water partition coefficient (Wildman–Crippen LogP) is 5.83. The Labute approximate surface area is 307 Å². The molecule has 9 heteroatoms. The van der Waals surface area contributed by atoms with Gasteiger partial charge in [0.1, 0.15) is 11.8 Å². The average Bonchev–Trinajstić information content (AvgIpc) is 3.76. The second-order valence-corrected chi connectivity index (χ2v) is 16.4. The van der Waals surface area contributed by atoms with Crippen molar-refractivity contribution in [3.8, 4) is 5.75 Å². The van der Waals surface area contributed by atoms with Gasteiger partial charge in [-0.15, -0.1) is 0 Å². The van der Waals surface area contributed by atoms with Crippen LogP contribution < -0.4 is 15.1 Å². The Hall–Kier alpha value is -4.37. The zero-order valence-corrected chi connectivity index (χ0v) is 30.2. The number of piperidine rings is 2. The summed E-state index contributed by atoms with van der Waals surface area (Å²) in [4.78, 5) is 46.5. The van der Waals surface area contributed by atoms with E-state index in [-0.39, 0.29) is 24.1 Å². The third-order valence-corrected chi connectivity index (χ3v) is 13.5. The number of aromatic hydroxyl groups is 1. The van der Waals surface area contributed by atoms with Crippen LogP contribution in [0.2, 0.25) is 0 Å². The summed E-state index contributed by atoms with van der Waals surface area (Å²) in [6, 6.07) is 21.1. The van der Waals surface area contributed by atoms with Gasteiger partial charge in [-0.2, -0.15) is 0 Å². The summed E-state index contributed by atoms with van der Waals surface area (Å²) < 4.78 is 0. The number of carbonyl (C=O) groups excluding carboxylic acids is 3. The first-order valence-corrected chi connectivity index (χ1v) is 19.8. The molecule has 272 valence electrons. The molecule has 0 bridgehead atoms. The highest BCUT2D eigenvalue weighted by Crippen LogP contribution is 2.58. The summed E-state index contributed by atoms with van der Waals surface area (Å²) in [7, 11) is 0. The fraction of sp³-hybridized carbons (Fsp3) is 0.512. The third-order valence-electron chi connectivity index (χ3n) is 13.5. The normalized spacial score (nSPS) is 25.1. The number of fused-ring (bicyclic) bond motifs is 2. The van der Waals surface area contributed by atoms with Crippen molar-refractivity contribution >= 4 is 29.1 Å². The molecule has 3 aromatic rings. The molecular formula is C43H51N5O4. The molecule has 4 fully saturated rings. The second-order valence-electron chi connectivity index (χ2n) is 16.4. The lowest BCUT2D eigenvalue weighted by Crippen LogP contribution is -2.52. The minimum Gasteiger partial charge on any atom is -0.508 e. The van der Waals surface area contributed by atoms with Crippen LogP contribution in [0.5, 0.6) is 5.75 Å². The van der Waals surface area contributed by atoms with E-state index in [2.05, 4.69) is 62.5 Å².